The van der Waals surface area contributed by atoms with Gasteiger partial charge in [0, 0.05) is 42.4 Å². The van der Waals surface area contributed by atoms with Crippen LogP contribution >= 0.6 is 34.8 Å². The fourth-order valence-corrected chi connectivity index (χ4v) is 2.59. The second kappa shape index (κ2) is 7.86. The molecule has 4 nitrogen and oxygen atoms in total. The van der Waals surface area contributed by atoms with Gasteiger partial charge in [-0.3, -0.25) is 9.78 Å². The standard InChI is InChI=1S/C15H16Cl3N3O/c1-21(15(22)14(17)18)8-2-6-19-12-5-7-20-13-9-10(16)3-4-11(12)13/h3-5,7,9,14H,2,6,8H2,1H3,(H,19,20). The molecule has 0 saturated carbocycles. The Labute approximate surface area is 144 Å². The zero-order chi connectivity index (χ0) is 16.1. The highest BCUT2D eigenvalue weighted by Crippen LogP contribution is 2.24. The van der Waals surface area contributed by atoms with Crippen molar-refractivity contribution in [3.05, 3.63) is 35.5 Å². The van der Waals surface area contributed by atoms with E-state index in [-0.39, 0.29) is 5.91 Å². The summed E-state index contributed by atoms with van der Waals surface area (Å²) in [5.41, 5.74) is 1.83. The normalized spacial score (nSPS) is 11.0. The predicted octanol–water partition coefficient (Wildman–Crippen LogP) is 3.95. The molecule has 1 aromatic carbocycles. The van der Waals surface area contributed by atoms with E-state index < -0.39 is 4.84 Å². The number of benzene rings is 1. The molecule has 1 heterocycles. The van der Waals surface area contributed by atoms with Crippen molar-refractivity contribution < 1.29 is 4.79 Å². The first kappa shape index (κ1) is 17.1. The summed E-state index contributed by atoms with van der Waals surface area (Å²) >= 11 is 17.1. The predicted molar refractivity (Wildman–Crippen MR) is 93.0 cm³/mol. The van der Waals surface area contributed by atoms with Gasteiger partial charge in [-0.2, -0.15) is 0 Å². The second-order valence-corrected chi connectivity index (χ2v) is 6.39. The molecule has 7 heteroatoms. The number of carbonyl (C=O) groups is 1. The summed E-state index contributed by atoms with van der Waals surface area (Å²) < 4.78 is 0. The van der Waals surface area contributed by atoms with E-state index >= 15 is 0 Å². The smallest absolute Gasteiger partial charge is 0.255 e. The molecule has 0 aliphatic heterocycles. The van der Waals surface area contributed by atoms with Crippen molar-refractivity contribution in [2.75, 3.05) is 25.5 Å². The SMILES string of the molecule is CN(CCCNc1ccnc2cc(Cl)ccc12)C(=O)C(Cl)Cl. The number of halogens is 3. The van der Waals surface area contributed by atoms with Crippen molar-refractivity contribution in [1.82, 2.24) is 9.88 Å². The van der Waals surface area contributed by atoms with Crippen LogP contribution in [0.5, 0.6) is 0 Å². The van der Waals surface area contributed by atoms with Crippen LogP contribution in [0.15, 0.2) is 30.5 Å². The van der Waals surface area contributed by atoms with Crippen LogP contribution in [0.25, 0.3) is 10.9 Å². The van der Waals surface area contributed by atoms with E-state index in [2.05, 4.69) is 10.3 Å². The summed E-state index contributed by atoms with van der Waals surface area (Å²) in [6.07, 6.45) is 2.52. The molecule has 0 bridgehead atoms. The van der Waals surface area contributed by atoms with Crippen LogP contribution in [-0.4, -0.2) is 40.8 Å². The van der Waals surface area contributed by atoms with Crippen molar-refractivity contribution in [3.63, 3.8) is 0 Å². The van der Waals surface area contributed by atoms with Crippen LogP contribution in [0.4, 0.5) is 5.69 Å². The number of anilines is 1. The number of fused-ring (bicyclic) bond motifs is 1. The molecule has 0 atom stereocenters. The van der Waals surface area contributed by atoms with Gasteiger partial charge in [0.2, 0.25) is 0 Å². The van der Waals surface area contributed by atoms with E-state index in [9.17, 15) is 4.79 Å². The van der Waals surface area contributed by atoms with Crippen LogP contribution in [0, 0.1) is 0 Å². The minimum absolute atomic E-state index is 0.285. The monoisotopic (exact) mass is 359 g/mol. The van der Waals surface area contributed by atoms with Crippen molar-refractivity contribution in [3.8, 4) is 0 Å². The van der Waals surface area contributed by atoms with E-state index in [4.69, 9.17) is 34.8 Å². The maximum absolute atomic E-state index is 11.5. The summed E-state index contributed by atoms with van der Waals surface area (Å²) in [5, 5.41) is 5.02. The third-order valence-electron chi connectivity index (χ3n) is 3.25. The van der Waals surface area contributed by atoms with Gasteiger partial charge in [0.25, 0.3) is 5.91 Å². The molecule has 0 fully saturated rings. The highest BCUT2D eigenvalue weighted by atomic mass is 35.5. The summed E-state index contributed by atoms with van der Waals surface area (Å²) in [6.45, 7) is 1.30. The molecule has 1 amide bonds. The van der Waals surface area contributed by atoms with Gasteiger partial charge >= 0.3 is 0 Å². The summed E-state index contributed by atoms with van der Waals surface area (Å²) in [7, 11) is 1.68. The molecule has 1 N–H and O–H groups in total. The van der Waals surface area contributed by atoms with E-state index in [1.807, 2.05) is 24.3 Å². The Balaban J connectivity index is 1.91. The molecule has 0 spiro atoms. The van der Waals surface area contributed by atoms with Gasteiger partial charge < -0.3 is 10.2 Å². The Hall–Kier alpha value is -1.23. The molecule has 1 aromatic heterocycles. The number of alkyl halides is 2. The number of hydrogen-bond acceptors (Lipinski definition) is 3. The summed E-state index contributed by atoms with van der Waals surface area (Å²) in [4.78, 5) is 16.3. The van der Waals surface area contributed by atoms with Crippen molar-refractivity contribution in [2.24, 2.45) is 0 Å². The summed E-state index contributed by atoms with van der Waals surface area (Å²) in [5.74, 6) is -0.285. The number of rotatable bonds is 6. The highest BCUT2D eigenvalue weighted by Gasteiger charge is 2.15. The third-order valence-corrected chi connectivity index (χ3v) is 3.86. The lowest BCUT2D eigenvalue weighted by Crippen LogP contribution is -2.32. The molecule has 118 valence electrons. The average Bonchev–Trinajstić information content (AvgIpc) is 2.50. The zero-order valence-corrected chi connectivity index (χ0v) is 14.3. The maximum Gasteiger partial charge on any atom is 0.255 e. The van der Waals surface area contributed by atoms with Gasteiger partial charge in [-0.25, -0.2) is 0 Å². The van der Waals surface area contributed by atoms with Gasteiger partial charge in [0.15, 0.2) is 4.84 Å². The van der Waals surface area contributed by atoms with Crippen LogP contribution in [0.3, 0.4) is 0 Å². The molecule has 0 radical (unpaired) electrons. The van der Waals surface area contributed by atoms with E-state index in [1.54, 1.807) is 13.2 Å². The number of nitrogens with zero attached hydrogens (tertiary/aromatic N) is 2. The van der Waals surface area contributed by atoms with Crippen LogP contribution in [-0.2, 0) is 4.79 Å². The van der Waals surface area contributed by atoms with E-state index in [0.29, 0.717) is 18.1 Å². The lowest BCUT2D eigenvalue weighted by atomic mass is 10.2. The average molecular weight is 361 g/mol. The quantitative estimate of drug-likeness (QED) is 0.626. The number of pyridine rings is 1. The Morgan fingerprint density at radius 1 is 1.36 bits per heavy atom. The van der Waals surface area contributed by atoms with Crippen LogP contribution in [0.2, 0.25) is 5.02 Å². The Kier molecular flexibility index (Phi) is 6.12. The lowest BCUT2D eigenvalue weighted by molar-refractivity contribution is -0.128. The number of hydrogen-bond donors (Lipinski definition) is 1. The Bertz CT molecular complexity index is 664. The molecule has 2 aromatic rings. The second-order valence-electron chi connectivity index (χ2n) is 4.86. The minimum atomic E-state index is -1.01. The Morgan fingerprint density at radius 3 is 2.86 bits per heavy atom. The van der Waals surface area contributed by atoms with Gasteiger partial charge in [-0.15, -0.1) is 0 Å². The van der Waals surface area contributed by atoms with Crippen LogP contribution in [0.1, 0.15) is 6.42 Å². The number of carbonyl (C=O) groups excluding carboxylic acids is 1. The molecule has 22 heavy (non-hydrogen) atoms. The molecule has 2 rings (SSSR count). The van der Waals surface area contributed by atoms with E-state index in [0.717, 1.165) is 23.0 Å². The van der Waals surface area contributed by atoms with Gasteiger partial charge in [0.05, 0.1) is 5.52 Å². The lowest BCUT2D eigenvalue weighted by Gasteiger charge is -2.18. The molecule has 0 aliphatic carbocycles. The topological polar surface area (TPSA) is 45.2 Å². The fraction of sp³-hybridized carbons (Fsp3) is 0.333. The number of aromatic nitrogens is 1. The molecular weight excluding hydrogens is 345 g/mol. The number of nitrogens with one attached hydrogen (secondary N) is 1. The van der Waals surface area contributed by atoms with Gasteiger partial charge in [-0.05, 0) is 30.7 Å². The first-order chi connectivity index (χ1) is 10.5. The van der Waals surface area contributed by atoms with Crippen molar-refractivity contribution in [1.29, 1.82) is 0 Å². The molecule has 0 aliphatic rings. The van der Waals surface area contributed by atoms with E-state index in [1.165, 1.54) is 4.90 Å². The summed E-state index contributed by atoms with van der Waals surface area (Å²) in [6, 6.07) is 7.52. The van der Waals surface area contributed by atoms with Gasteiger partial charge in [0.1, 0.15) is 0 Å². The first-order valence-electron chi connectivity index (χ1n) is 6.80. The van der Waals surface area contributed by atoms with Crippen molar-refractivity contribution in [2.45, 2.75) is 11.3 Å². The molecular formula is C15H16Cl3N3O. The first-order valence-corrected chi connectivity index (χ1v) is 8.05. The fourth-order valence-electron chi connectivity index (χ4n) is 2.09. The zero-order valence-electron chi connectivity index (χ0n) is 12.0. The molecule has 0 saturated heterocycles. The molecule has 0 unspecified atom stereocenters. The highest BCUT2D eigenvalue weighted by molar-refractivity contribution is 6.53. The van der Waals surface area contributed by atoms with Crippen LogP contribution < -0.4 is 5.32 Å². The largest absolute Gasteiger partial charge is 0.384 e. The van der Waals surface area contributed by atoms with Gasteiger partial charge in [-0.1, -0.05) is 34.8 Å². The number of amides is 1. The third kappa shape index (κ3) is 4.38. The Morgan fingerprint density at radius 2 is 2.14 bits per heavy atom. The van der Waals surface area contributed by atoms with Crippen molar-refractivity contribution >= 4 is 57.3 Å². The maximum atomic E-state index is 11.5. The minimum Gasteiger partial charge on any atom is -0.384 e.